The minimum absolute atomic E-state index is 0.0979. The van der Waals surface area contributed by atoms with Gasteiger partial charge >= 0.3 is 5.97 Å². The first kappa shape index (κ1) is 12.6. The number of hydrogen-bond acceptors (Lipinski definition) is 4. The summed E-state index contributed by atoms with van der Waals surface area (Å²) in [6.07, 6.45) is 4.79. The maximum Gasteiger partial charge on any atom is 0.307 e. The Morgan fingerprint density at radius 2 is 2.15 bits per heavy atom. The van der Waals surface area contributed by atoms with Crippen molar-refractivity contribution in [2.75, 3.05) is 0 Å². The van der Waals surface area contributed by atoms with Gasteiger partial charge in [-0.15, -0.1) is 0 Å². The second-order valence-corrected chi connectivity index (χ2v) is 4.49. The Balaban J connectivity index is 2.23. The monoisotopic (exact) mass is 288 g/mol. The first-order valence-electron chi connectivity index (χ1n) is 5.81. The maximum atomic E-state index is 10.9. The standard InChI is InChI=1S/C13H9ClN4O2/c14-13-16-5-3-10(17-13)18-7-8(6-11(19)20)12-9(18)2-1-4-15-12/h1-5,7H,6H2,(H,19,20). The molecule has 0 aliphatic rings. The molecule has 3 heterocycles. The number of fused-ring (bicyclic) bond motifs is 1. The highest BCUT2D eigenvalue weighted by Gasteiger charge is 2.14. The molecule has 3 aromatic heterocycles. The Morgan fingerprint density at radius 1 is 1.30 bits per heavy atom. The molecular formula is C13H9ClN4O2. The molecule has 0 aliphatic carbocycles. The number of nitrogens with zero attached hydrogens (tertiary/aromatic N) is 4. The summed E-state index contributed by atoms with van der Waals surface area (Å²) in [6, 6.07) is 5.33. The highest BCUT2D eigenvalue weighted by Crippen LogP contribution is 2.23. The molecule has 0 saturated heterocycles. The minimum Gasteiger partial charge on any atom is -0.481 e. The summed E-state index contributed by atoms with van der Waals surface area (Å²) in [6.45, 7) is 0. The quantitative estimate of drug-likeness (QED) is 0.746. The van der Waals surface area contributed by atoms with Gasteiger partial charge in [-0.1, -0.05) is 0 Å². The van der Waals surface area contributed by atoms with Crippen molar-refractivity contribution < 1.29 is 9.90 Å². The van der Waals surface area contributed by atoms with Crippen LogP contribution in [-0.2, 0) is 11.2 Å². The number of hydrogen-bond donors (Lipinski definition) is 1. The largest absolute Gasteiger partial charge is 0.481 e. The molecule has 0 amide bonds. The molecule has 0 fully saturated rings. The van der Waals surface area contributed by atoms with Crippen LogP contribution in [0.4, 0.5) is 0 Å². The summed E-state index contributed by atoms with van der Waals surface area (Å²) in [7, 11) is 0. The summed E-state index contributed by atoms with van der Waals surface area (Å²) in [5.41, 5.74) is 2.05. The molecule has 100 valence electrons. The molecule has 0 saturated carbocycles. The van der Waals surface area contributed by atoms with E-state index >= 15 is 0 Å². The number of pyridine rings is 1. The van der Waals surface area contributed by atoms with Gasteiger partial charge in [0.05, 0.1) is 17.5 Å². The molecule has 3 rings (SSSR count). The summed E-state index contributed by atoms with van der Waals surface area (Å²) in [5.74, 6) is -0.338. The Bertz CT molecular complexity index is 800. The summed E-state index contributed by atoms with van der Waals surface area (Å²) in [5, 5.41) is 9.10. The van der Waals surface area contributed by atoms with Gasteiger partial charge in [0, 0.05) is 24.2 Å². The maximum absolute atomic E-state index is 10.9. The lowest BCUT2D eigenvalue weighted by molar-refractivity contribution is -0.136. The van der Waals surface area contributed by atoms with Crippen molar-refractivity contribution in [2.45, 2.75) is 6.42 Å². The third kappa shape index (κ3) is 2.21. The first-order valence-corrected chi connectivity index (χ1v) is 6.18. The van der Waals surface area contributed by atoms with E-state index in [1.165, 1.54) is 0 Å². The average molecular weight is 289 g/mol. The van der Waals surface area contributed by atoms with Gasteiger partial charge in [-0.3, -0.25) is 14.3 Å². The van der Waals surface area contributed by atoms with Crippen LogP contribution >= 0.6 is 11.6 Å². The van der Waals surface area contributed by atoms with Crippen molar-refractivity contribution >= 4 is 28.6 Å². The zero-order valence-corrected chi connectivity index (χ0v) is 10.9. The molecule has 0 spiro atoms. The van der Waals surface area contributed by atoms with Gasteiger partial charge < -0.3 is 5.11 Å². The molecule has 0 aromatic carbocycles. The molecular weight excluding hydrogens is 280 g/mol. The van der Waals surface area contributed by atoms with E-state index in [0.717, 1.165) is 5.52 Å². The van der Waals surface area contributed by atoms with Crippen molar-refractivity contribution in [1.82, 2.24) is 19.5 Å². The Morgan fingerprint density at radius 3 is 2.90 bits per heavy atom. The smallest absolute Gasteiger partial charge is 0.307 e. The van der Waals surface area contributed by atoms with E-state index in [4.69, 9.17) is 16.7 Å². The fourth-order valence-corrected chi connectivity index (χ4v) is 2.21. The molecule has 7 heteroatoms. The lowest BCUT2D eigenvalue weighted by Crippen LogP contribution is -2.00. The summed E-state index contributed by atoms with van der Waals surface area (Å²) >= 11 is 5.79. The molecule has 20 heavy (non-hydrogen) atoms. The summed E-state index contributed by atoms with van der Waals surface area (Å²) in [4.78, 5) is 23.1. The average Bonchev–Trinajstić information content (AvgIpc) is 2.77. The SMILES string of the molecule is O=C(O)Cc1cn(-c2ccnc(Cl)n2)c2cccnc12. The number of carboxylic acid groups (broad SMARTS) is 1. The highest BCUT2D eigenvalue weighted by molar-refractivity contribution is 6.28. The predicted molar refractivity (Wildman–Crippen MR) is 73.0 cm³/mol. The van der Waals surface area contributed by atoms with Crippen LogP contribution in [0.25, 0.3) is 16.9 Å². The topological polar surface area (TPSA) is 80.9 Å². The van der Waals surface area contributed by atoms with Gasteiger partial charge in [0.25, 0.3) is 0 Å². The van der Waals surface area contributed by atoms with E-state index in [1.54, 1.807) is 35.3 Å². The highest BCUT2D eigenvalue weighted by atomic mass is 35.5. The predicted octanol–water partition coefficient (Wildman–Crippen LogP) is 2.10. The molecule has 0 unspecified atom stereocenters. The van der Waals surface area contributed by atoms with Gasteiger partial charge in [0.15, 0.2) is 0 Å². The second-order valence-electron chi connectivity index (χ2n) is 4.15. The minimum atomic E-state index is -0.907. The molecule has 3 aromatic rings. The Hall–Kier alpha value is -2.47. The zero-order valence-electron chi connectivity index (χ0n) is 10.2. The van der Waals surface area contributed by atoms with Crippen LogP contribution in [0.3, 0.4) is 0 Å². The van der Waals surface area contributed by atoms with Gasteiger partial charge in [0.1, 0.15) is 5.82 Å². The fraction of sp³-hybridized carbons (Fsp3) is 0.0769. The number of aromatic nitrogens is 4. The normalized spacial score (nSPS) is 10.8. The third-order valence-electron chi connectivity index (χ3n) is 2.84. The van der Waals surface area contributed by atoms with E-state index in [0.29, 0.717) is 16.9 Å². The van der Waals surface area contributed by atoms with Crippen LogP contribution < -0.4 is 0 Å². The number of carbonyl (C=O) groups is 1. The van der Waals surface area contributed by atoms with Crippen LogP contribution in [0.1, 0.15) is 5.56 Å². The van der Waals surface area contributed by atoms with Crippen molar-refractivity contribution in [2.24, 2.45) is 0 Å². The van der Waals surface area contributed by atoms with Crippen molar-refractivity contribution in [3.05, 3.63) is 47.6 Å². The number of aliphatic carboxylic acids is 1. The zero-order chi connectivity index (χ0) is 14.1. The molecule has 0 radical (unpaired) electrons. The van der Waals surface area contributed by atoms with E-state index in [2.05, 4.69) is 15.0 Å². The van der Waals surface area contributed by atoms with Crippen molar-refractivity contribution in [3.63, 3.8) is 0 Å². The molecule has 0 aliphatic heterocycles. The first-order chi connectivity index (χ1) is 9.65. The molecule has 0 bridgehead atoms. The van der Waals surface area contributed by atoms with E-state index < -0.39 is 5.97 Å². The van der Waals surface area contributed by atoms with Gasteiger partial charge in [-0.2, -0.15) is 4.98 Å². The van der Waals surface area contributed by atoms with Crippen LogP contribution in [-0.4, -0.2) is 30.6 Å². The van der Waals surface area contributed by atoms with Crippen LogP contribution in [0.2, 0.25) is 5.28 Å². The lowest BCUT2D eigenvalue weighted by Gasteiger charge is -2.03. The van der Waals surface area contributed by atoms with Crippen molar-refractivity contribution in [1.29, 1.82) is 0 Å². The fourth-order valence-electron chi connectivity index (χ4n) is 2.07. The number of halogens is 1. The second kappa shape index (κ2) is 4.90. The molecule has 6 nitrogen and oxygen atoms in total. The van der Waals surface area contributed by atoms with Crippen molar-refractivity contribution in [3.8, 4) is 5.82 Å². The van der Waals surface area contributed by atoms with Crippen LogP contribution in [0.5, 0.6) is 0 Å². The Kier molecular flexibility index (Phi) is 3.08. The molecule has 1 N–H and O–H groups in total. The molecule has 0 atom stereocenters. The van der Waals surface area contributed by atoms with Gasteiger partial charge in [-0.05, 0) is 29.8 Å². The van der Waals surface area contributed by atoms with E-state index in [-0.39, 0.29) is 11.7 Å². The number of carboxylic acids is 1. The van der Waals surface area contributed by atoms with E-state index in [1.807, 2.05) is 6.07 Å². The van der Waals surface area contributed by atoms with Crippen LogP contribution in [0.15, 0.2) is 36.8 Å². The Labute approximate surface area is 118 Å². The van der Waals surface area contributed by atoms with Gasteiger partial charge in [0.2, 0.25) is 5.28 Å². The van der Waals surface area contributed by atoms with E-state index in [9.17, 15) is 4.79 Å². The van der Waals surface area contributed by atoms with Crippen LogP contribution in [0, 0.1) is 0 Å². The lowest BCUT2D eigenvalue weighted by atomic mass is 10.2. The summed E-state index contributed by atoms with van der Waals surface area (Å²) < 4.78 is 1.76. The third-order valence-corrected chi connectivity index (χ3v) is 3.02. The van der Waals surface area contributed by atoms with Gasteiger partial charge in [-0.25, -0.2) is 4.98 Å². The number of rotatable bonds is 3.